The molecule has 29 heavy (non-hydrogen) atoms. The first-order chi connectivity index (χ1) is 14.0. The fraction of sp³-hybridized carbons (Fsp3) is 0.238. The maximum Gasteiger partial charge on any atom is 0.320 e. The first-order valence-electron chi connectivity index (χ1n) is 9.21. The Morgan fingerprint density at radius 2 is 1.86 bits per heavy atom. The summed E-state index contributed by atoms with van der Waals surface area (Å²) in [4.78, 5) is 15.6. The van der Waals surface area contributed by atoms with Gasteiger partial charge in [0, 0.05) is 49.0 Å². The van der Waals surface area contributed by atoms with Crippen LogP contribution in [0, 0.1) is 0 Å². The van der Waals surface area contributed by atoms with Crippen LogP contribution in [0.3, 0.4) is 0 Å². The van der Waals surface area contributed by atoms with Gasteiger partial charge in [-0.2, -0.15) is 0 Å². The van der Waals surface area contributed by atoms with Crippen LogP contribution in [0.15, 0.2) is 54.7 Å². The van der Waals surface area contributed by atoms with Crippen LogP contribution in [0.5, 0.6) is 5.88 Å². The molecule has 1 fully saturated rings. The van der Waals surface area contributed by atoms with Crippen LogP contribution in [0.4, 0.5) is 4.79 Å². The molecule has 0 atom stereocenters. The van der Waals surface area contributed by atoms with Gasteiger partial charge in [-0.05, 0) is 47.5 Å². The predicted octanol–water partition coefficient (Wildman–Crippen LogP) is 4.63. The molecule has 0 radical (unpaired) electrons. The highest BCUT2D eigenvalue weighted by atomic mass is 35.5. The largest absolute Gasteiger partial charge is 0.472 e. The summed E-state index contributed by atoms with van der Waals surface area (Å²) in [5.41, 5.74) is 2.77. The summed E-state index contributed by atoms with van der Waals surface area (Å²) in [6.07, 6.45) is 1.83. The van der Waals surface area contributed by atoms with Crippen molar-refractivity contribution in [1.82, 2.24) is 19.6 Å². The third-order valence-electron chi connectivity index (χ3n) is 4.82. The highest BCUT2D eigenvalue weighted by Gasteiger charge is 2.25. The van der Waals surface area contributed by atoms with Crippen molar-refractivity contribution in [3.05, 3.63) is 75.9 Å². The van der Waals surface area contributed by atoms with Gasteiger partial charge in [0.1, 0.15) is 6.61 Å². The van der Waals surface area contributed by atoms with Crippen molar-refractivity contribution in [2.24, 2.45) is 0 Å². The fourth-order valence-electron chi connectivity index (χ4n) is 3.17. The van der Waals surface area contributed by atoms with Crippen molar-refractivity contribution < 1.29 is 9.53 Å². The standard InChI is InChI=1S/C21H20Cl2N4O2/c1-25-10-11-26(21(25)28)13-16-12-15(2-7-19(16)23)14-29-20-8-9-27(24-20)18-5-3-17(22)4-6-18/h2-9,12H,10-11,13-14H2,1H3. The number of nitrogens with zero attached hydrogens (tertiary/aromatic N) is 4. The second-order valence-corrected chi connectivity index (χ2v) is 7.76. The van der Waals surface area contributed by atoms with Crippen LogP contribution in [0.2, 0.25) is 10.0 Å². The van der Waals surface area contributed by atoms with Crippen LogP contribution < -0.4 is 4.74 Å². The number of hydrogen-bond acceptors (Lipinski definition) is 3. The Morgan fingerprint density at radius 1 is 1.07 bits per heavy atom. The first-order valence-corrected chi connectivity index (χ1v) is 9.97. The van der Waals surface area contributed by atoms with Crippen LogP contribution in [0.25, 0.3) is 5.69 Å². The number of amides is 2. The highest BCUT2D eigenvalue weighted by Crippen LogP contribution is 2.22. The van der Waals surface area contributed by atoms with E-state index >= 15 is 0 Å². The smallest absolute Gasteiger partial charge is 0.320 e. The number of benzene rings is 2. The number of aromatic nitrogens is 2. The maximum absolute atomic E-state index is 12.1. The molecule has 1 aliphatic heterocycles. The van der Waals surface area contributed by atoms with E-state index in [1.807, 2.05) is 54.7 Å². The minimum atomic E-state index is 0.0236. The average molecular weight is 431 g/mol. The Hall–Kier alpha value is -2.70. The lowest BCUT2D eigenvalue weighted by Gasteiger charge is -2.17. The summed E-state index contributed by atoms with van der Waals surface area (Å²) < 4.78 is 7.56. The first kappa shape index (κ1) is 19.6. The summed E-state index contributed by atoms with van der Waals surface area (Å²) in [6.45, 7) is 2.28. The van der Waals surface area contributed by atoms with E-state index in [2.05, 4.69) is 5.10 Å². The number of rotatable bonds is 6. The Bertz CT molecular complexity index is 1020. The molecule has 2 aromatic carbocycles. The monoisotopic (exact) mass is 430 g/mol. The van der Waals surface area contributed by atoms with Crippen molar-refractivity contribution in [1.29, 1.82) is 0 Å². The topological polar surface area (TPSA) is 50.6 Å². The Labute approximate surface area is 179 Å². The van der Waals surface area contributed by atoms with Gasteiger partial charge in [0.05, 0.1) is 5.69 Å². The van der Waals surface area contributed by atoms with Crippen LogP contribution in [-0.4, -0.2) is 45.7 Å². The number of urea groups is 1. The molecule has 0 unspecified atom stereocenters. The van der Waals surface area contributed by atoms with E-state index < -0.39 is 0 Å². The van der Waals surface area contributed by atoms with Crippen LogP contribution in [0.1, 0.15) is 11.1 Å². The molecule has 150 valence electrons. The zero-order valence-electron chi connectivity index (χ0n) is 15.9. The van der Waals surface area contributed by atoms with Gasteiger partial charge in [0.25, 0.3) is 0 Å². The summed E-state index contributed by atoms with van der Waals surface area (Å²) in [7, 11) is 1.80. The van der Waals surface area contributed by atoms with E-state index in [4.69, 9.17) is 27.9 Å². The normalized spacial score (nSPS) is 14.0. The summed E-state index contributed by atoms with van der Waals surface area (Å²) >= 11 is 12.3. The zero-order chi connectivity index (χ0) is 20.4. The van der Waals surface area contributed by atoms with E-state index in [1.54, 1.807) is 21.5 Å². The molecule has 0 aliphatic carbocycles. The van der Waals surface area contributed by atoms with E-state index in [0.717, 1.165) is 23.4 Å². The highest BCUT2D eigenvalue weighted by molar-refractivity contribution is 6.31. The Balaban J connectivity index is 1.41. The van der Waals surface area contributed by atoms with E-state index in [-0.39, 0.29) is 6.03 Å². The van der Waals surface area contributed by atoms with Gasteiger partial charge in [-0.3, -0.25) is 0 Å². The van der Waals surface area contributed by atoms with Gasteiger partial charge in [0.2, 0.25) is 5.88 Å². The lowest BCUT2D eigenvalue weighted by Crippen LogP contribution is -2.29. The van der Waals surface area contributed by atoms with Gasteiger partial charge in [0.15, 0.2) is 0 Å². The summed E-state index contributed by atoms with van der Waals surface area (Å²) in [6, 6.07) is 15.0. The Kier molecular flexibility index (Phi) is 5.65. The molecule has 1 saturated heterocycles. The van der Waals surface area contributed by atoms with Gasteiger partial charge in [-0.1, -0.05) is 29.3 Å². The van der Waals surface area contributed by atoms with Gasteiger partial charge in [-0.25, -0.2) is 9.48 Å². The van der Waals surface area contributed by atoms with Crippen molar-refractivity contribution in [3.8, 4) is 11.6 Å². The van der Waals surface area contributed by atoms with Gasteiger partial charge >= 0.3 is 6.03 Å². The lowest BCUT2D eigenvalue weighted by atomic mass is 10.1. The van der Waals surface area contributed by atoms with E-state index in [9.17, 15) is 4.79 Å². The third kappa shape index (κ3) is 4.49. The molecule has 6 nitrogen and oxygen atoms in total. The number of ether oxygens (including phenoxy) is 1. The van der Waals surface area contributed by atoms with Crippen molar-refractivity contribution in [3.63, 3.8) is 0 Å². The Morgan fingerprint density at radius 3 is 2.59 bits per heavy atom. The third-order valence-corrected chi connectivity index (χ3v) is 5.44. The zero-order valence-corrected chi connectivity index (χ0v) is 17.4. The van der Waals surface area contributed by atoms with E-state index in [1.165, 1.54) is 0 Å². The second kappa shape index (κ2) is 8.35. The van der Waals surface area contributed by atoms with E-state index in [0.29, 0.717) is 35.6 Å². The molecule has 8 heteroatoms. The summed E-state index contributed by atoms with van der Waals surface area (Å²) in [5, 5.41) is 5.75. The number of carbonyl (C=O) groups is 1. The van der Waals surface area contributed by atoms with Crippen molar-refractivity contribution in [2.45, 2.75) is 13.2 Å². The van der Waals surface area contributed by atoms with Gasteiger partial charge in [-0.15, -0.1) is 5.10 Å². The molecular weight excluding hydrogens is 411 g/mol. The molecule has 3 aromatic rings. The molecule has 0 spiro atoms. The number of hydrogen-bond donors (Lipinski definition) is 0. The number of likely N-dealkylation sites (N-methyl/N-ethyl adjacent to an activating group) is 1. The SMILES string of the molecule is CN1CCN(Cc2cc(COc3ccn(-c4ccc(Cl)cc4)n3)ccc2Cl)C1=O. The van der Waals surface area contributed by atoms with Crippen LogP contribution in [-0.2, 0) is 13.2 Å². The summed E-state index contributed by atoms with van der Waals surface area (Å²) in [5.74, 6) is 0.521. The maximum atomic E-state index is 12.1. The molecular formula is C21H20Cl2N4O2. The molecule has 0 N–H and O–H groups in total. The van der Waals surface area contributed by atoms with Crippen molar-refractivity contribution in [2.75, 3.05) is 20.1 Å². The quantitative estimate of drug-likeness (QED) is 0.572. The molecule has 2 heterocycles. The molecule has 0 saturated carbocycles. The predicted molar refractivity (Wildman–Crippen MR) is 113 cm³/mol. The lowest BCUT2D eigenvalue weighted by molar-refractivity contribution is 0.197. The average Bonchev–Trinajstić information content (AvgIpc) is 3.31. The fourth-order valence-corrected chi connectivity index (χ4v) is 3.48. The second-order valence-electron chi connectivity index (χ2n) is 6.92. The van der Waals surface area contributed by atoms with Gasteiger partial charge < -0.3 is 14.5 Å². The molecule has 1 aliphatic rings. The molecule has 0 bridgehead atoms. The number of halogens is 2. The molecule has 4 rings (SSSR count). The van der Waals surface area contributed by atoms with Crippen LogP contribution >= 0.6 is 23.2 Å². The molecule has 2 amide bonds. The van der Waals surface area contributed by atoms with Crippen molar-refractivity contribution >= 4 is 29.2 Å². The number of carbonyl (C=O) groups excluding carboxylic acids is 1. The molecule has 1 aromatic heterocycles. The minimum absolute atomic E-state index is 0.0236. The minimum Gasteiger partial charge on any atom is -0.472 e.